The van der Waals surface area contributed by atoms with Crippen LogP contribution in [-0.4, -0.2) is 30.4 Å². The first-order valence-electron chi connectivity index (χ1n) is 5.94. The van der Waals surface area contributed by atoms with Crippen LogP contribution in [0.15, 0.2) is 22.8 Å². The first kappa shape index (κ1) is 13.7. The van der Waals surface area contributed by atoms with E-state index in [2.05, 4.69) is 6.92 Å². The molecule has 5 heteroatoms. The Morgan fingerprint density at radius 3 is 2.82 bits per heavy atom. The third-order valence-electron chi connectivity index (χ3n) is 2.69. The summed E-state index contributed by atoms with van der Waals surface area (Å²) in [6, 6.07) is 3.61. The molecule has 0 bridgehead atoms. The van der Waals surface area contributed by atoms with Crippen molar-refractivity contribution in [2.45, 2.75) is 25.8 Å². The summed E-state index contributed by atoms with van der Waals surface area (Å²) in [4.78, 5) is 13.0. The van der Waals surface area contributed by atoms with Gasteiger partial charge in [0.15, 0.2) is 0 Å². The highest BCUT2D eigenvalue weighted by molar-refractivity contribution is 5.76. The third kappa shape index (κ3) is 4.20. The number of furan rings is 1. The normalized spacial score (nSPS) is 12.9. The highest BCUT2D eigenvalue weighted by atomic mass is 16.3. The molecule has 0 radical (unpaired) electrons. The number of rotatable bonds is 8. The summed E-state index contributed by atoms with van der Waals surface area (Å²) in [5, 5.41) is 0. The second-order valence-corrected chi connectivity index (χ2v) is 4.06. The lowest BCUT2D eigenvalue weighted by Crippen LogP contribution is -2.40. The number of primary amides is 1. The molecule has 1 rings (SSSR count). The zero-order chi connectivity index (χ0) is 12.7. The van der Waals surface area contributed by atoms with Gasteiger partial charge in [0, 0.05) is 6.54 Å². The van der Waals surface area contributed by atoms with Gasteiger partial charge in [-0.25, -0.2) is 0 Å². The van der Waals surface area contributed by atoms with Gasteiger partial charge in [-0.3, -0.25) is 9.69 Å². The smallest absolute Gasteiger partial charge is 0.231 e. The van der Waals surface area contributed by atoms with Crippen molar-refractivity contribution in [3.63, 3.8) is 0 Å². The van der Waals surface area contributed by atoms with E-state index in [-0.39, 0.29) is 18.5 Å². The number of carbonyl (C=O) groups excluding carboxylic acids is 1. The van der Waals surface area contributed by atoms with Crippen LogP contribution in [0, 0.1) is 0 Å². The Bertz CT molecular complexity index is 325. The van der Waals surface area contributed by atoms with E-state index in [1.807, 2.05) is 17.0 Å². The SMILES string of the molecule is CCCCN(CC(N)=O)C(CN)c1ccco1. The highest BCUT2D eigenvalue weighted by Crippen LogP contribution is 2.20. The summed E-state index contributed by atoms with van der Waals surface area (Å²) in [7, 11) is 0. The summed E-state index contributed by atoms with van der Waals surface area (Å²) in [5.74, 6) is 0.441. The minimum absolute atomic E-state index is 0.0796. The first-order chi connectivity index (χ1) is 8.19. The van der Waals surface area contributed by atoms with Crippen LogP contribution in [-0.2, 0) is 4.79 Å². The molecular formula is C12H21N3O2. The van der Waals surface area contributed by atoms with Gasteiger partial charge in [-0.15, -0.1) is 0 Å². The summed E-state index contributed by atoms with van der Waals surface area (Å²) >= 11 is 0. The molecule has 0 fully saturated rings. The molecule has 0 saturated heterocycles. The number of nitrogens with zero attached hydrogens (tertiary/aromatic N) is 1. The molecule has 1 aromatic heterocycles. The number of nitrogens with two attached hydrogens (primary N) is 2. The first-order valence-corrected chi connectivity index (χ1v) is 5.94. The zero-order valence-corrected chi connectivity index (χ0v) is 10.3. The fraction of sp³-hybridized carbons (Fsp3) is 0.583. The maximum Gasteiger partial charge on any atom is 0.231 e. The van der Waals surface area contributed by atoms with Crippen LogP contribution in [0.5, 0.6) is 0 Å². The van der Waals surface area contributed by atoms with Gasteiger partial charge in [0.05, 0.1) is 18.8 Å². The third-order valence-corrected chi connectivity index (χ3v) is 2.69. The molecule has 0 saturated carbocycles. The summed E-state index contributed by atoms with van der Waals surface area (Å²) in [6.45, 7) is 3.52. The Hall–Kier alpha value is -1.33. The van der Waals surface area contributed by atoms with Crippen molar-refractivity contribution >= 4 is 5.91 Å². The van der Waals surface area contributed by atoms with E-state index >= 15 is 0 Å². The molecule has 0 aliphatic rings. The van der Waals surface area contributed by atoms with Crippen molar-refractivity contribution in [2.24, 2.45) is 11.5 Å². The standard InChI is InChI=1S/C12H21N3O2/c1-2-3-6-15(9-12(14)16)10(8-13)11-5-4-7-17-11/h4-5,7,10H,2-3,6,8-9,13H2,1H3,(H2,14,16). The van der Waals surface area contributed by atoms with Crippen LogP contribution >= 0.6 is 0 Å². The lowest BCUT2D eigenvalue weighted by Gasteiger charge is -2.28. The summed E-state index contributed by atoms with van der Waals surface area (Å²) in [5.41, 5.74) is 11.0. The van der Waals surface area contributed by atoms with Gasteiger partial charge >= 0.3 is 0 Å². The van der Waals surface area contributed by atoms with Crippen molar-refractivity contribution < 1.29 is 9.21 Å². The quantitative estimate of drug-likeness (QED) is 0.704. The molecule has 1 atom stereocenters. The van der Waals surface area contributed by atoms with E-state index in [1.54, 1.807) is 6.26 Å². The van der Waals surface area contributed by atoms with Crippen molar-refractivity contribution in [2.75, 3.05) is 19.6 Å². The molecule has 17 heavy (non-hydrogen) atoms. The number of unbranched alkanes of at least 4 members (excludes halogenated alkanes) is 1. The largest absolute Gasteiger partial charge is 0.468 e. The van der Waals surface area contributed by atoms with E-state index in [0.717, 1.165) is 25.1 Å². The summed E-state index contributed by atoms with van der Waals surface area (Å²) < 4.78 is 5.36. The predicted octanol–water partition coefficient (Wildman–Crippen LogP) is 0.867. The van der Waals surface area contributed by atoms with E-state index < -0.39 is 0 Å². The van der Waals surface area contributed by atoms with Crippen molar-refractivity contribution in [3.05, 3.63) is 24.2 Å². The Labute approximate surface area is 102 Å². The van der Waals surface area contributed by atoms with Gasteiger partial charge in [-0.2, -0.15) is 0 Å². The van der Waals surface area contributed by atoms with E-state index in [0.29, 0.717) is 6.54 Å². The zero-order valence-electron chi connectivity index (χ0n) is 10.3. The van der Waals surface area contributed by atoms with Crippen LogP contribution in [0.3, 0.4) is 0 Å². The van der Waals surface area contributed by atoms with Crippen molar-refractivity contribution in [1.29, 1.82) is 0 Å². The topological polar surface area (TPSA) is 85.5 Å². The van der Waals surface area contributed by atoms with Crippen molar-refractivity contribution in [3.8, 4) is 0 Å². The lowest BCUT2D eigenvalue weighted by atomic mass is 10.1. The molecule has 0 aliphatic carbocycles. The minimum atomic E-state index is -0.342. The lowest BCUT2D eigenvalue weighted by molar-refractivity contribution is -0.119. The van der Waals surface area contributed by atoms with Gasteiger partial charge < -0.3 is 15.9 Å². The van der Waals surface area contributed by atoms with Gasteiger partial charge in [-0.05, 0) is 25.1 Å². The number of hydrogen-bond acceptors (Lipinski definition) is 4. The monoisotopic (exact) mass is 239 g/mol. The molecule has 0 aliphatic heterocycles. The van der Waals surface area contributed by atoms with Gasteiger partial charge in [0.1, 0.15) is 5.76 Å². The Morgan fingerprint density at radius 2 is 2.35 bits per heavy atom. The Kier molecular flexibility index (Phi) is 5.72. The fourth-order valence-electron chi connectivity index (χ4n) is 1.83. The molecule has 1 aromatic rings. The highest BCUT2D eigenvalue weighted by Gasteiger charge is 2.22. The Morgan fingerprint density at radius 1 is 1.59 bits per heavy atom. The molecule has 0 aromatic carbocycles. The molecule has 0 spiro atoms. The van der Waals surface area contributed by atoms with Crippen LogP contribution in [0.4, 0.5) is 0 Å². The van der Waals surface area contributed by atoms with Gasteiger partial charge in [0.25, 0.3) is 0 Å². The number of amides is 1. The second-order valence-electron chi connectivity index (χ2n) is 4.06. The predicted molar refractivity (Wildman–Crippen MR) is 66.2 cm³/mol. The number of hydrogen-bond donors (Lipinski definition) is 2. The van der Waals surface area contributed by atoms with E-state index in [1.165, 1.54) is 0 Å². The second kappa shape index (κ2) is 7.09. The minimum Gasteiger partial charge on any atom is -0.468 e. The maximum atomic E-state index is 11.1. The van der Waals surface area contributed by atoms with Gasteiger partial charge in [0.2, 0.25) is 5.91 Å². The molecular weight excluding hydrogens is 218 g/mol. The number of carbonyl (C=O) groups is 1. The van der Waals surface area contributed by atoms with Crippen LogP contribution in [0.1, 0.15) is 31.6 Å². The molecule has 5 nitrogen and oxygen atoms in total. The van der Waals surface area contributed by atoms with Crippen molar-refractivity contribution in [1.82, 2.24) is 4.90 Å². The van der Waals surface area contributed by atoms with Crippen LogP contribution in [0.2, 0.25) is 0 Å². The molecule has 96 valence electrons. The van der Waals surface area contributed by atoms with Crippen LogP contribution < -0.4 is 11.5 Å². The van der Waals surface area contributed by atoms with Gasteiger partial charge in [-0.1, -0.05) is 13.3 Å². The molecule has 4 N–H and O–H groups in total. The van der Waals surface area contributed by atoms with E-state index in [9.17, 15) is 4.79 Å². The molecule has 1 heterocycles. The maximum absolute atomic E-state index is 11.1. The summed E-state index contributed by atoms with van der Waals surface area (Å²) in [6.07, 6.45) is 3.68. The average Bonchev–Trinajstić information content (AvgIpc) is 2.79. The molecule has 1 unspecified atom stereocenters. The Balaban J connectivity index is 2.74. The fourth-order valence-corrected chi connectivity index (χ4v) is 1.83. The average molecular weight is 239 g/mol. The molecule has 1 amide bonds. The van der Waals surface area contributed by atoms with E-state index in [4.69, 9.17) is 15.9 Å². The van der Waals surface area contributed by atoms with Crippen LogP contribution in [0.25, 0.3) is 0 Å².